The summed E-state index contributed by atoms with van der Waals surface area (Å²) < 4.78 is 36.6. The summed E-state index contributed by atoms with van der Waals surface area (Å²) >= 11 is 3.01. The molecule has 0 aliphatic rings. The molecule has 6 nitrogen and oxygen atoms in total. The number of furan rings is 1. The molecular formula is C10H16BrNO5S. The Hall–Kier alpha value is -0.410. The van der Waals surface area contributed by atoms with Crippen LogP contribution in [0.25, 0.3) is 0 Å². The highest BCUT2D eigenvalue weighted by Crippen LogP contribution is 2.26. The molecule has 2 N–H and O–H groups in total. The number of ether oxygens (including phenoxy) is 1. The van der Waals surface area contributed by atoms with E-state index in [0.29, 0.717) is 13.0 Å². The van der Waals surface area contributed by atoms with Crippen LogP contribution in [0.4, 0.5) is 0 Å². The van der Waals surface area contributed by atoms with Crippen LogP contribution >= 0.6 is 15.9 Å². The van der Waals surface area contributed by atoms with E-state index in [1.165, 1.54) is 6.07 Å². The smallest absolute Gasteiger partial charge is 0.245 e. The van der Waals surface area contributed by atoms with Gasteiger partial charge in [-0.2, -0.15) is 0 Å². The Kier molecular flexibility index (Phi) is 5.80. The van der Waals surface area contributed by atoms with Gasteiger partial charge in [0, 0.05) is 25.8 Å². The van der Waals surface area contributed by atoms with Gasteiger partial charge in [0.2, 0.25) is 10.0 Å². The maximum Gasteiger partial charge on any atom is 0.245 e. The lowest BCUT2D eigenvalue weighted by Gasteiger charge is -2.12. The van der Waals surface area contributed by atoms with E-state index in [-0.39, 0.29) is 28.0 Å². The standard InChI is InChI=1S/C10H16BrNO5S/c1-7(3-4-16-2)12-18(14,15)9-5-8(6-13)17-10(9)11/h5,7,12-13H,3-4,6H2,1-2H3. The minimum absolute atomic E-state index is 0.0178. The van der Waals surface area contributed by atoms with Gasteiger partial charge in [-0.05, 0) is 29.3 Å². The van der Waals surface area contributed by atoms with Crippen LogP contribution in [0.2, 0.25) is 0 Å². The van der Waals surface area contributed by atoms with Gasteiger partial charge < -0.3 is 14.3 Å². The van der Waals surface area contributed by atoms with Crippen molar-refractivity contribution in [2.45, 2.75) is 30.9 Å². The minimum atomic E-state index is -3.67. The Labute approximate surface area is 115 Å². The molecule has 1 aromatic heterocycles. The predicted octanol–water partition coefficient (Wildman–Crippen LogP) is 1.24. The van der Waals surface area contributed by atoms with Crippen molar-refractivity contribution in [2.24, 2.45) is 0 Å². The number of aliphatic hydroxyl groups excluding tert-OH is 1. The number of rotatable bonds is 7. The molecule has 1 unspecified atom stereocenters. The number of aliphatic hydroxyl groups is 1. The number of hydrogen-bond acceptors (Lipinski definition) is 5. The van der Waals surface area contributed by atoms with Crippen molar-refractivity contribution in [3.8, 4) is 0 Å². The summed E-state index contributed by atoms with van der Waals surface area (Å²) in [6.45, 7) is 1.86. The van der Waals surface area contributed by atoms with E-state index in [1.807, 2.05) is 0 Å². The fourth-order valence-electron chi connectivity index (χ4n) is 1.34. The van der Waals surface area contributed by atoms with Crippen LogP contribution in [0.5, 0.6) is 0 Å². The quantitative estimate of drug-likeness (QED) is 0.778. The van der Waals surface area contributed by atoms with Gasteiger partial charge in [-0.3, -0.25) is 0 Å². The van der Waals surface area contributed by atoms with E-state index >= 15 is 0 Å². The second-order valence-electron chi connectivity index (χ2n) is 3.81. The Balaban J connectivity index is 2.82. The molecular weight excluding hydrogens is 326 g/mol. The lowest BCUT2D eigenvalue weighted by Crippen LogP contribution is -2.33. The Morgan fingerprint density at radius 3 is 2.78 bits per heavy atom. The third-order valence-corrected chi connectivity index (χ3v) is 4.71. The molecule has 104 valence electrons. The molecule has 0 saturated heterocycles. The molecule has 1 heterocycles. The average molecular weight is 342 g/mol. The molecule has 0 aliphatic carbocycles. The molecule has 0 radical (unpaired) electrons. The van der Waals surface area contributed by atoms with Crippen LogP contribution in [-0.4, -0.2) is 33.3 Å². The fourth-order valence-corrected chi connectivity index (χ4v) is 3.62. The van der Waals surface area contributed by atoms with Gasteiger partial charge in [-0.15, -0.1) is 0 Å². The van der Waals surface area contributed by atoms with Crippen LogP contribution in [0.15, 0.2) is 20.0 Å². The minimum Gasteiger partial charge on any atom is -0.450 e. The summed E-state index contributed by atoms with van der Waals surface area (Å²) in [5, 5.41) is 8.89. The lowest BCUT2D eigenvalue weighted by atomic mass is 10.3. The molecule has 0 bridgehead atoms. The van der Waals surface area contributed by atoms with Gasteiger partial charge in [0.1, 0.15) is 17.3 Å². The van der Waals surface area contributed by atoms with Crippen molar-refractivity contribution in [3.05, 3.63) is 16.5 Å². The van der Waals surface area contributed by atoms with Crippen molar-refractivity contribution in [1.29, 1.82) is 0 Å². The molecule has 1 atom stereocenters. The highest BCUT2D eigenvalue weighted by atomic mass is 79.9. The molecule has 8 heteroatoms. The topological polar surface area (TPSA) is 88.8 Å². The first-order valence-corrected chi connectivity index (χ1v) is 7.58. The first-order chi connectivity index (χ1) is 8.40. The fraction of sp³-hybridized carbons (Fsp3) is 0.600. The number of hydrogen-bond donors (Lipinski definition) is 2. The molecule has 0 saturated carbocycles. The predicted molar refractivity (Wildman–Crippen MR) is 68.6 cm³/mol. The summed E-state index contributed by atoms with van der Waals surface area (Å²) in [5.74, 6) is 0.187. The van der Waals surface area contributed by atoms with Gasteiger partial charge in [0.25, 0.3) is 0 Å². The van der Waals surface area contributed by atoms with Gasteiger partial charge in [-0.1, -0.05) is 0 Å². The Morgan fingerprint density at radius 1 is 1.61 bits per heavy atom. The summed E-state index contributed by atoms with van der Waals surface area (Å²) in [7, 11) is -2.11. The molecule has 0 aromatic carbocycles. The van der Waals surface area contributed by atoms with Crippen LogP contribution in [0, 0.1) is 0 Å². The van der Waals surface area contributed by atoms with Crippen molar-refractivity contribution in [1.82, 2.24) is 4.72 Å². The van der Waals surface area contributed by atoms with Crippen molar-refractivity contribution in [3.63, 3.8) is 0 Å². The zero-order valence-corrected chi connectivity index (χ0v) is 12.5. The number of nitrogens with one attached hydrogen (secondary N) is 1. The molecule has 18 heavy (non-hydrogen) atoms. The third kappa shape index (κ3) is 4.06. The SMILES string of the molecule is COCCC(C)NS(=O)(=O)c1cc(CO)oc1Br. The summed E-state index contributed by atoms with van der Waals surface area (Å²) in [6, 6.07) is 1.03. The summed E-state index contributed by atoms with van der Waals surface area (Å²) in [4.78, 5) is -0.0178. The zero-order valence-electron chi connectivity index (χ0n) is 10.1. The van der Waals surface area contributed by atoms with Gasteiger partial charge in [-0.25, -0.2) is 13.1 Å². The van der Waals surface area contributed by atoms with Gasteiger partial charge >= 0.3 is 0 Å². The maximum absolute atomic E-state index is 12.0. The monoisotopic (exact) mass is 341 g/mol. The molecule has 0 aliphatic heterocycles. The van der Waals surface area contributed by atoms with Crippen molar-refractivity contribution < 1.29 is 22.7 Å². The highest BCUT2D eigenvalue weighted by Gasteiger charge is 2.23. The van der Waals surface area contributed by atoms with Crippen molar-refractivity contribution >= 4 is 26.0 Å². The Morgan fingerprint density at radius 2 is 2.28 bits per heavy atom. The summed E-state index contributed by atoms with van der Waals surface area (Å²) in [6.07, 6.45) is 0.568. The first kappa shape index (κ1) is 15.6. The lowest BCUT2D eigenvalue weighted by molar-refractivity contribution is 0.188. The van der Waals surface area contributed by atoms with E-state index in [4.69, 9.17) is 14.3 Å². The van der Waals surface area contributed by atoms with Crippen LogP contribution in [0.1, 0.15) is 19.1 Å². The largest absolute Gasteiger partial charge is 0.450 e. The molecule has 1 rings (SSSR count). The van der Waals surface area contributed by atoms with E-state index in [2.05, 4.69) is 20.7 Å². The van der Waals surface area contributed by atoms with E-state index < -0.39 is 10.0 Å². The van der Waals surface area contributed by atoms with Gasteiger partial charge in [0.05, 0.1) is 0 Å². The van der Waals surface area contributed by atoms with Gasteiger partial charge in [0.15, 0.2) is 4.67 Å². The molecule has 0 amide bonds. The summed E-state index contributed by atoms with van der Waals surface area (Å²) in [5.41, 5.74) is 0. The maximum atomic E-state index is 12.0. The number of halogens is 1. The van der Waals surface area contributed by atoms with Crippen molar-refractivity contribution in [2.75, 3.05) is 13.7 Å². The highest BCUT2D eigenvalue weighted by molar-refractivity contribution is 9.10. The number of sulfonamides is 1. The first-order valence-electron chi connectivity index (χ1n) is 5.31. The molecule has 1 aromatic rings. The normalized spacial score (nSPS) is 13.8. The second-order valence-corrected chi connectivity index (χ2v) is 6.22. The van der Waals surface area contributed by atoms with E-state index in [1.54, 1.807) is 14.0 Å². The Bertz CT molecular complexity index is 484. The average Bonchev–Trinajstić information content (AvgIpc) is 2.68. The molecule has 0 spiro atoms. The van der Waals surface area contributed by atoms with E-state index in [9.17, 15) is 8.42 Å². The van der Waals surface area contributed by atoms with Crippen LogP contribution in [0.3, 0.4) is 0 Å². The zero-order chi connectivity index (χ0) is 13.8. The van der Waals surface area contributed by atoms with Crippen LogP contribution in [-0.2, 0) is 21.4 Å². The van der Waals surface area contributed by atoms with E-state index in [0.717, 1.165) is 0 Å². The van der Waals surface area contributed by atoms with Crippen LogP contribution < -0.4 is 4.72 Å². The second kappa shape index (κ2) is 6.67. The third-order valence-electron chi connectivity index (χ3n) is 2.26. The molecule has 0 fully saturated rings. The number of methoxy groups -OCH3 is 1.